The van der Waals surface area contributed by atoms with Crippen molar-refractivity contribution in [2.24, 2.45) is 0 Å². The van der Waals surface area contributed by atoms with Crippen molar-refractivity contribution in [3.63, 3.8) is 0 Å². The Bertz CT molecular complexity index is 968. The SMILES string of the molecule is CC[C@@H](Oc1cccc(OC)c1)C(=O)Nc1ccc(S(=O)(=O)N2CCCCCC2)cc1. The molecule has 168 valence electrons. The molecule has 0 bridgehead atoms. The highest BCUT2D eigenvalue weighted by Gasteiger charge is 2.25. The van der Waals surface area contributed by atoms with Gasteiger partial charge in [-0.3, -0.25) is 4.79 Å². The Labute approximate surface area is 184 Å². The molecule has 8 heteroatoms. The Balaban J connectivity index is 1.65. The molecular weight excluding hydrogens is 416 g/mol. The van der Waals surface area contributed by atoms with Gasteiger partial charge in [0.25, 0.3) is 5.91 Å². The molecule has 2 aromatic rings. The van der Waals surface area contributed by atoms with Crippen LogP contribution in [0.1, 0.15) is 39.0 Å². The van der Waals surface area contributed by atoms with Crippen LogP contribution in [0.2, 0.25) is 0 Å². The van der Waals surface area contributed by atoms with Crippen LogP contribution in [0.3, 0.4) is 0 Å². The summed E-state index contributed by atoms with van der Waals surface area (Å²) in [5, 5.41) is 2.81. The Morgan fingerprint density at radius 2 is 1.68 bits per heavy atom. The molecule has 7 nitrogen and oxygen atoms in total. The summed E-state index contributed by atoms with van der Waals surface area (Å²) in [6.45, 7) is 2.97. The zero-order valence-corrected chi connectivity index (χ0v) is 18.9. The summed E-state index contributed by atoms with van der Waals surface area (Å²) in [6, 6.07) is 13.4. The number of ether oxygens (including phenoxy) is 2. The topological polar surface area (TPSA) is 84.9 Å². The van der Waals surface area contributed by atoms with Crippen molar-refractivity contribution in [1.29, 1.82) is 0 Å². The fourth-order valence-corrected chi connectivity index (χ4v) is 5.04. The second-order valence-electron chi connectivity index (χ2n) is 7.53. The van der Waals surface area contributed by atoms with Crippen molar-refractivity contribution in [1.82, 2.24) is 4.31 Å². The molecule has 0 radical (unpaired) electrons. The second-order valence-corrected chi connectivity index (χ2v) is 9.46. The van der Waals surface area contributed by atoms with E-state index in [0.717, 1.165) is 25.7 Å². The number of sulfonamides is 1. The number of methoxy groups -OCH3 is 1. The van der Waals surface area contributed by atoms with Crippen molar-refractivity contribution < 1.29 is 22.7 Å². The predicted molar refractivity (Wildman–Crippen MR) is 120 cm³/mol. The molecule has 1 N–H and O–H groups in total. The highest BCUT2D eigenvalue weighted by Crippen LogP contribution is 2.23. The Hall–Kier alpha value is -2.58. The first-order valence-corrected chi connectivity index (χ1v) is 12.1. The molecule has 3 rings (SSSR count). The summed E-state index contributed by atoms with van der Waals surface area (Å²) in [6.07, 6.45) is 3.69. The lowest BCUT2D eigenvalue weighted by Gasteiger charge is -2.20. The minimum atomic E-state index is -3.51. The summed E-state index contributed by atoms with van der Waals surface area (Å²) in [5.74, 6) is 0.891. The summed E-state index contributed by atoms with van der Waals surface area (Å²) in [5.41, 5.74) is 0.521. The molecule has 1 atom stereocenters. The van der Waals surface area contributed by atoms with Gasteiger partial charge in [0.05, 0.1) is 12.0 Å². The lowest BCUT2D eigenvalue weighted by atomic mass is 10.2. The standard InChI is InChI=1S/C23H30N2O5S/c1-3-22(30-20-10-8-9-19(17-20)29-2)23(26)24-18-11-13-21(14-12-18)31(27,28)25-15-6-4-5-7-16-25/h8-14,17,22H,3-7,15-16H2,1-2H3,(H,24,26)/t22-/m1/s1. The van der Waals surface area contributed by atoms with Crippen LogP contribution in [0.25, 0.3) is 0 Å². The number of nitrogens with one attached hydrogen (secondary N) is 1. The zero-order chi connectivity index (χ0) is 22.3. The lowest BCUT2D eigenvalue weighted by Crippen LogP contribution is -2.32. The minimum absolute atomic E-state index is 0.243. The van der Waals surface area contributed by atoms with Gasteiger partial charge in [-0.25, -0.2) is 8.42 Å². The third-order valence-corrected chi connectivity index (χ3v) is 7.22. The van der Waals surface area contributed by atoms with Gasteiger partial charge < -0.3 is 14.8 Å². The first-order valence-electron chi connectivity index (χ1n) is 10.7. The first-order chi connectivity index (χ1) is 14.9. The molecule has 31 heavy (non-hydrogen) atoms. The number of benzene rings is 2. The number of carbonyl (C=O) groups is 1. The molecule has 1 saturated heterocycles. The van der Waals surface area contributed by atoms with Crippen molar-refractivity contribution >= 4 is 21.6 Å². The van der Waals surface area contributed by atoms with Crippen LogP contribution < -0.4 is 14.8 Å². The van der Waals surface area contributed by atoms with E-state index in [1.165, 1.54) is 0 Å². The molecule has 1 fully saturated rings. The normalized spacial score (nSPS) is 16.2. The van der Waals surface area contributed by atoms with Crippen LogP contribution in [0.4, 0.5) is 5.69 Å². The molecule has 1 heterocycles. The number of anilines is 1. The van der Waals surface area contributed by atoms with Crippen molar-refractivity contribution in [2.75, 3.05) is 25.5 Å². The molecule has 0 saturated carbocycles. The number of amides is 1. The molecule has 0 aromatic heterocycles. The minimum Gasteiger partial charge on any atom is -0.497 e. The smallest absolute Gasteiger partial charge is 0.265 e. The summed E-state index contributed by atoms with van der Waals surface area (Å²) < 4.78 is 38.3. The molecule has 0 aliphatic carbocycles. The van der Waals surface area contributed by atoms with E-state index in [1.807, 2.05) is 6.92 Å². The van der Waals surface area contributed by atoms with E-state index in [0.29, 0.717) is 36.7 Å². The third-order valence-electron chi connectivity index (χ3n) is 5.31. The van der Waals surface area contributed by atoms with Gasteiger partial charge in [-0.15, -0.1) is 0 Å². The summed E-state index contributed by atoms with van der Waals surface area (Å²) >= 11 is 0. The molecule has 1 amide bonds. The molecule has 0 unspecified atom stereocenters. The van der Waals surface area contributed by atoms with Gasteiger partial charge in [0, 0.05) is 24.8 Å². The van der Waals surface area contributed by atoms with Gasteiger partial charge in [0.2, 0.25) is 10.0 Å². The van der Waals surface area contributed by atoms with Crippen LogP contribution in [0.15, 0.2) is 53.4 Å². The second kappa shape index (κ2) is 10.6. The van der Waals surface area contributed by atoms with Crippen LogP contribution in [0, 0.1) is 0 Å². The van der Waals surface area contributed by atoms with E-state index in [1.54, 1.807) is 59.9 Å². The highest BCUT2D eigenvalue weighted by molar-refractivity contribution is 7.89. The molecular formula is C23H30N2O5S. The highest BCUT2D eigenvalue weighted by atomic mass is 32.2. The molecule has 0 spiro atoms. The van der Waals surface area contributed by atoms with E-state index in [4.69, 9.17) is 9.47 Å². The molecule has 1 aliphatic heterocycles. The maximum absolute atomic E-state index is 12.9. The van der Waals surface area contributed by atoms with Crippen molar-refractivity contribution in [2.45, 2.75) is 50.0 Å². The van der Waals surface area contributed by atoms with Crippen LogP contribution in [-0.2, 0) is 14.8 Å². The van der Waals surface area contributed by atoms with Crippen molar-refractivity contribution in [3.05, 3.63) is 48.5 Å². The van der Waals surface area contributed by atoms with Gasteiger partial charge in [-0.1, -0.05) is 25.8 Å². The van der Waals surface area contributed by atoms with Gasteiger partial charge in [0.15, 0.2) is 6.10 Å². The molecule has 1 aliphatic rings. The van der Waals surface area contributed by atoms with Crippen LogP contribution in [-0.4, -0.2) is 44.9 Å². The fraction of sp³-hybridized carbons (Fsp3) is 0.435. The Kier molecular flexibility index (Phi) is 7.92. The average molecular weight is 447 g/mol. The number of carbonyl (C=O) groups excluding carboxylic acids is 1. The average Bonchev–Trinajstić information content (AvgIpc) is 3.08. The third kappa shape index (κ3) is 5.98. The van der Waals surface area contributed by atoms with E-state index < -0.39 is 16.1 Å². The van der Waals surface area contributed by atoms with Gasteiger partial charge in [-0.2, -0.15) is 4.31 Å². The Morgan fingerprint density at radius 3 is 2.29 bits per heavy atom. The maximum atomic E-state index is 12.9. The first kappa shape index (κ1) is 23.1. The number of hydrogen-bond acceptors (Lipinski definition) is 5. The van der Waals surface area contributed by atoms with Gasteiger partial charge in [0.1, 0.15) is 11.5 Å². The van der Waals surface area contributed by atoms with E-state index in [9.17, 15) is 13.2 Å². The van der Waals surface area contributed by atoms with E-state index >= 15 is 0 Å². The quantitative estimate of drug-likeness (QED) is 0.661. The van der Waals surface area contributed by atoms with Gasteiger partial charge in [-0.05, 0) is 55.7 Å². The summed E-state index contributed by atoms with van der Waals surface area (Å²) in [4.78, 5) is 12.9. The van der Waals surface area contributed by atoms with Crippen LogP contribution in [0.5, 0.6) is 11.5 Å². The van der Waals surface area contributed by atoms with E-state index in [2.05, 4.69) is 5.32 Å². The van der Waals surface area contributed by atoms with Crippen LogP contribution >= 0.6 is 0 Å². The number of hydrogen-bond donors (Lipinski definition) is 1. The maximum Gasteiger partial charge on any atom is 0.265 e. The lowest BCUT2D eigenvalue weighted by molar-refractivity contribution is -0.122. The largest absolute Gasteiger partial charge is 0.497 e. The van der Waals surface area contributed by atoms with Gasteiger partial charge >= 0.3 is 0 Å². The fourth-order valence-electron chi connectivity index (χ4n) is 3.53. The zero-order valence-electron chi connectivity index (χ0n) is 18.0. The monoisotopic (exact) mass is 446 g/mol. The Morgan fingerprint density at radius 1 is 1.03 bits per heavy atom. The number of rotatable bonds is 8. The summed E-state index contributed by atoms with van der Waals surface area (Å²) in [7, 11) is -1.95. The number of nitrogens with zero attached hydrogens (tertiary/aromatic N) is 1. The predicted octanol–water partition coefficient (Wildman–Crippen LogP) is 4.06. The van der Waals surface area contributed by atoms with Crippen molar-refractivity contribution in [3.8, 4) is 11.5 Å². The van der Waals surface area contributed by atoms with E-state index in [-0.39, 0.29) is 10.8 Å². The molecule has 2 aromatic carbocycles.